The van der Waals surface area contributed by atoms with E-state index in [4.69, 9.17) is 23.7 Å². The second-order valence-corrected chi connectivity index (χ2v) is 9.07. The lowest BCUT2D eigenvalue weighted by Crippen LogP contribution is -2.18. The highest BCUT2D eigenvalue weighted by molar-refractivity contribution is 5.41. The molecule has 1 saturated heterocycles. The Morgan fingerprint density at radius 1 is 0.727 bits per heavy atom. The molecule has 3 rings (SSSR count). The standard InChI is InChI=1S/C28H40O5/c1-4-5-16-29-17-6-19-31-25-12-8-23(9-13-25)28(2,3)24-10-14-26(15-11-24)32-20-7-18-30-21-27-22-33-27/h8-15,27H,4-7,16-22H2,1-3H3. The summed E-state index contributed by atoms with van der Waals surface area (Å²) in [4.78, 5) is 0. The van der Waals surface area contributed by atoms with Gasteiger partial charge < -0.3 is 23.7 Å². The third-order valence-corrected chi connectivity index (χ3v) is 5.90. The summed E-state index contributed by atoms with van der Waals surface area (Å²) < 4.78 is 28.0. The average Bonchev–Trinajstić information content (AvgIpc) is 3.66. The van der Waals surface area contributed by atoms with E-state index in [1.165, 1.54) is 17.5 Å². The summed E-state index contributed by atoms with van der Waals surface area (Å²) in [7, 11) is 0. The Kier molecular flexibility index (Phi) is 10.5. The van der Waals surface area contributed by atoms with Crippen LogP contribution in [0.4, 0.5) is 0 Å². The van der Waals surface area contributed by atoms with Gasteiger partial charge in [-0.15, -0.1) is 0 Å². The maximum atomic E-state index is 5.87. The Balaban J connectivity index is 1.39. The smallest absolute Gasteiger partial charge is 0.119 e. The molecular weight excluding hydrogens is 416 g/mol. The Hall–Kier alpha value is -2.08. The number of benzene rings is 2. The third kappa shape index (κ3) is 9.00. The summed E-state index contributed by atoms with van der Waals surface area (Å²) in [5, 5.41) is 0. The largest absolute Gasteiger partial charge is 0.494 e. The van der Waals surface area contributed by atoms with Crippen LogP contribution in [-0.4, -0.2) is 52.4 Å². The Bertz CT molecular complexity index is 781. The number of hydrogen-bond donors (Lipinski definition) is 0. The molecule has 1 aliphatic heterocycles. The van der Waals surface area contributed by atoms with Crippen molar-refractivity contribution in [2.75, 3.05) is 46.2 Å². The van der Waals surface area contributed by atoms with Gasteiger partial charge in [-0.1, -0.05) is 51.5 Å². The van der Waals surface area contributed by atoms with E-state index in [9.17, 15) is 0 Å². The summed E-state index contributed by atoms with van der Waals surface area (Å²) in [6.45, 7) is 11.8. The van der Waals surface area contributed by atoms with Crippen molar-refractivity contribution in [2.45, 2.75) is 58.0 Å². The molecule has 5 heteroatoms. The zero-order chi connectivity index (χ0) is 23.4. The van der Waals surface area contributed by atoms with Gasteiger partial charge in [0.05, 0.1) is 26.4 Å². The lowest BCUT2D eigenvalue weighted by atomic mass is 9.78. The highest BCUT2D eigenvalue weighted by Gasteiger charge is 2.23. The highest BCUT2D eigenvalue weighted by Crippen LogP contribution is 2.33. The number of unbranched alkanes of at least 4 members (excludes halogenated alkanes) is 1. The molecule has 1 heterocycles. The summed E-state index contributed by atoms with van der Waals surface area (Å²) in [5.74, 6) is 1.79. The normalized spacial score (nSPS) is 15.4. The minimum atomic E-state index is -0.108. The quantitative estimate of drug-likeness (QED) is 0.223. The van der Waals surface area contributed by atoms with E-state index in [1.54, 1.807) is 0 Å². The van der Waals surface area contributed by atoms with Crippen molar-refractivity contribution in [3.8, 4) is 11.5 Å². The summed E-state index contributed by atoms with van der Waals surface area (Å²) in [5.41, 5.74) is 2.40. The van der Waals surface area contributed by atoms with Crippen molar-refractivity contribution < 1.29 is 23.7 Å². The fourth-order valence-corrected chi connectivity index (χ4v) is 3.53. The van der Waals surface area contributed by atoms with Crippen LogP contribution in [0.5, 0.6) is 11.5 Å². The molecule has 0 amide bonds. The minimum absolute atomic E-state index is 0.108. The van der Waals surface area contributed by atoms with E-state index in [1.807, 2.05) is 0 Å². The van der Waals surface area contributed by atoms with E-state index >= 15 is 0 Å². The summed E-state index contributed by atoms with van der Waals surface area (Å²) in [6.07, 6.45) is 4.41. The number of epoxide rings is 1. The van der Waals surface area contributed by atoms with Crippen molar-refractivity contribution in [1.82, 2.24) is 0 Å². The lowest BCUT2D eigenvalue weighted by Gasteiger charge is -2.26. The van der Waals surface area contributed by atoms with E-state index in [0.29, 0.717) is 32.5 Å². The molecule has 0 bridgehead atoms. The van der Waals surface area contributed by atoms with E-state index in [2.05, 4.69) is 69.3 Å². The van der Waals surface area contributed by atoms with Gasteiger partial charge in [0.15, 0.2) is 0 Å². The first kappa shape index (κ1) is 25.5. The van der Waals surface area contributed by atoms with E-state index in [-0.39, 0.29) is 5.41 Å². The molecular formula is C28H40O5. The van der Waals surface area contributed by atoms with Crippen molar-refractivity contribution in [2.24, 2.45) is 0 Å². The molecule has 182 valence electrons. The van der Waals surface area contributed by atoms with Crippen LogP contribution in [0, 0.1) is 0 Å². The molecule has 1 aliphatic rings. The van der Waals surface area contributed by atoms with Crippen LogP contribution < -0.4 is 9.47 Å². The number of hydrogen-bond acceptors (Lipinski definition) is 5. The molecule has 2 aromatic rings. The van der Waals surface area contributed by atoms with Crippen LogP contribution in [0.15, 0.2) is 48.5 Å². The second kappa shape index (κ2) is 13.6. The van der Waals surface area contributed by atoms with Crippen LogP contribution in [0.3, 0.4) is 0 Å². The maximum Gasteiger partial charge on any atom is 0.119 e. The zero-order valence-corrected chi connectivity index (χ0v) is 20.5. The molecule has 0 N–H and O–H groups in total. The topological polar surface area (TPSA) is 49.5 Å². The predicted octanol–water partition coefficient (Wildman–Crippen LogP) is 5.78. The molecule has 2 aromatic carbocycles. The summed E-state index contributed by atoms with van der Waals surface area (Å²) in [6, 6.07) is 16.8. The average molecular weight is 457 g/mol. The monoisotopic (exact) mass is 456 g/mol. The second-order valence-electron chi connectivity index (χ2n) is 9.07. The van der Waals surface area contributed by atoms with E-state index in [0.717, 1.165) is 50.6 Å². The molecule has 0 aliphatic carbocycles. The molecule has 0 spiro atoms. The van der Waals surface area contributed by atoms with Gasteiger partial charge in [-0.3, -0.25) is 0 Å². The first-order chi connectivity index (χ1) is 16.1. The number of ether oxygens (including phenoxy) is 5. The third-order valence-electron chi connectivity index (χ3n) is 5.90. The molecule has 33 heavy (non-hydrogen) atoms. The van der Waals surface area contributed by atoms with Crippen molar-refractivity contribution in [3.63, 3.8) is 0 Å². The molecule has 0 radical (unpaired) electrons. The van der Waals surface area contributed by atoms with Gasteiger partial charge in [0.25, 0.3) is 0 Å². The van der Waals surface area contributed by atoms with Gasteiger partial charge in [-0.05, 0) is 41.8 Å². The van der Waals surface area contributed by atoms with Crippen LogP contribution in [0.25, 0.3) is 0 Å². The van der Waals surface area contributed by atoms with Gasteiger partial charge in [0.1, 0.15) is 17.6 Å². The van der Waals surface area contributed by atoms with Crippen molar-refractivity contribution >= 4 is 0 Å². The first-order valence-corrected chi connectivity index (χ1v) is 12.3. The molecule has 1 fully saturated rings. The molecule has 1 unspecified atom stereocenters. The van der Waals surface area contributed by atoms with Crippen LogP contribution in [-0.2, 0) is 19.6 Å². The molecule has 0 aromatic heterocycles. The van der Waals surface area contributed by atoms with Gasteiger partial charge >= 0.3 is 0 Å². The molecule has 5 nitrogen and oxygen atoms in total. The fourth-order valence-electron chi connectivity index (χ4n) is 3.53. The van der Waals surface area contributed by atoms with Crippen molar-refractivity contribution in [3.05, 3.63) is 59.7 Å². The van der Waals surface area contributed by atoms with Crippen molar-refractivity contribution in [1.29, 1.82) is 0 Å². The van der Waals surface area contributed by atoms with Crippen LogP contribution >= 0.6 is 0 Å². The molecule has 0 saturated carbocycles. The van der Waals surface area contributed by atoms with Crippen LogP contribution in [0.2, 0.25) is 0 Å². The van der Waals surface area contributed by atoms with Gasteiger partial charge in [0.2, 0.25) is 0 Å². The van der Waals surface area contributed by atoms with Gasteiger partial charge in [-0.25, -0.2) is 0 Å². The van der Waals surface area contributed by atoms with Gasteiger partial charge in [-0.2, -0.15) is 0 Å². The highest BCUT2D eigenvalue weighted by atomic mass is 16.6. The lowest BCUT2D eigenvalue weighted by molar-refractivity contribution is 0.104. The first-order valence-electron chi connectivity index (χ1n) is 12.3. The summed E-state index contributed by atoms with van der Waals surface area (Å²) >= 11 is 0. The number of rotatable bonds is 17. The van der Waals surface area contributed by atoms with Crippen LogP contribution in [0.1, 0.15) is 57.6 Å². The zero-order valence-electron chi connectivity index (χ0n) is 20.5. The fraction of sp³-hybridized carbons (Fsp3) is 0.571. The van der Waals surface area contributed by atoms with E-state index < -0.39 is 0 Å². The Morgan fingerprint density at radius 3 is 1.70 bits per heavy atom. The Labute approximate surface area is 199 Å². The predicted molar refractivity (Wildman–Crippen MR) is 132 cm³/mol. The maximum absolute atomic E-state index is 5.87. The SMILES string of the molecule is CCCCOCCCOc1ccc(C(C)(C)c2ccc(OCCCOCC3CO3)cc2)cc1. The Morgan fingerprint density at radius 2 is 1.21 bits per heavy atom. The minimum Gasteiger partial charge on any atom is -0.494 e. The molecule has 1 atom stereocenters. The van der Waals surface area contributed by atoms with Gasteiger partial charge in [0, 0.05) is 38.1 Å².